The molecule has 0 aromatic rings. The van der Waals surface area contributed by atoms with E-state index >= 15 is 0 Å². The molecule has 0 radical (unpaired) electrons. The highest BCUT2D eigenvalue weighted by atomic mass is 16.5. The average molecular weight is 146 g/mol. The summed E-state index contributed by atoms with van der Waals surface area (Å²) in [5, 5.41) is 0. The summed E-state index contributed by atoms with van der Waals surface area (Å²) in [5.41, 5.74) is 0. The highest BCUT2D eigenvalue weighted by Gasteiger charge is 2.11. The van der Waals surface area contributed by atoms with Gasteiger partial charge in [-0.05, 0) is 6.42 Å². The number of esters is 1. The predicted octanol–water partition coefficient (Wildman–Crippen LogP) is 0.832. The minimum absolute atomic E-state index is 0.0510. The molecule has 3 heteroatoms. The van der Waals surface area contributed by atoms with E-state index in [4.69, 9.17) is 4.74 Å². The summed E-state index contributed by atoms with van der Waals surface area (Å²) in [6.45, 7) is 2.43. The molecule has 0 unspecified atom stereocenters. The van der Waals surface area contributed by atoms with Crippen LogP contribution in [0.15, 0.2) is 0 Å². The monoisotopic (exact) mass is 146 g/mol. The molecule has 0 aliphatic heterocycles. The highest BCUT2D eigenvalue weighted by molar-refractivity contribution is 5.71. The quantitative estimate of drug-likeness (QED) is 0.551. The molecule has 60 valence electrons. The number of rotatable bonds is 4. The fourth-order valence-electron chi connectivity index (χ4n) is 0.614. The van der Waals surface area contributed by atoms with Crippen molar-refractivity contribution < 1.29 is 14.3 Å². The summed E-state index contributed by atoms with van der Waals surface area (Å²) >= 11 is 0. The second-order valence-corrected chi connectivity index (χ2v) is 2.21. The number of carbonyl (C=O) groups is 1. The Morgan fingerprint density at radius 1 is 1.50 bits per heavy atom. The zero-order valence-electron chi connectivity index (χ0n) is 6.72. The van der Waals surface area contributed by atoms with E-state index in [9.17, 15) is 4.79 Å². The van der Waals surface area contributed by atoms with Crippen LogP contribution in [0.3, 0.4) is 0 Å². The summed E-state index contributed by atoms with van der Waals surface area (Å²) < 4.78 is 9.31. The van der Waals surface area contributed by atoms with Gasteiger partial charge in [-0.15, -0.1) is 0 Å². The Morgan fingerprint density at radius 2 is 2.10 bits per heavy atom. The van der Waals surface area contributed by atoms with Gasteiger partial charge in [0.15, 0.2) is 0 Å². The number of carbonyl (C=O) groups excluding carboxylic acids is 1. The molecule has 3 nitrogen and oxygen atoms in total. The third-order valence-electron chi connectivity index (χ3n) is 1.36. The van der Waals surface area contributed by atoms with Crippen molar-refractivity contribution in [3.05, 3.63) is 0 Å². The maximum absolute atomic E-state index is 10.7. The lowest BCUT2D eigenvalue weighted by Gasteiger charge is -2.06. The molecule has 0 rings (SSSR count). The highest BCUT2D eigenvalue weighted by Crippen LogP contribution is 2.02. The van der Waals surface area contributed by atoms with E-state index in [1.165, 1.54) is 7.11 Å². The summed E-state index contributed by atoms with van der Waals surface area (Å²) in [5.74, 6) is -0.220. The van der Waals surface area contributed by atoms with Gasteiger partial charge in [-0.25, -0.2) is 0 Å². The van der Waals surface area contributed by atoms with Crippen LogP contribution in [0.1, 0.15) is 13.3 Å². The Labute approximate surface area is 61.3 Å². The summed E-state index contributed by atoms with van der Waals surface area (Å²) in [7, 11) is 3.01. The number of hydrogen-bond donors (Lipinski definition) is 0. The number of ether oxygens (including phenoxy) is 2. The van der Waals surface area contributed by atoms with E-state index in [-0.39, 0.29) is 11.9 Å². The molecule has 10 heavy (non-hydrogen) atoms. The van der Waals surface area contributed by atoms with Gasteiger partial charge in [0.2, 0.25) is 0 Å². The Kier molecular flexibility index (Phi) is 4.94. The molecule has 0 saturated carbocycles. The van der Waals surface area contributed by atoms with Crippen molar-refractivity contribution in [1.29, 1.82) is 0 Å². The van der Waals surface area contributed by atoms with E-state index in [1.54, 1.807) is 7.11 Å². The molecule has 0 fully saturated rings. The normalized spacial score (nSPS) is 12.7. The topological polar surface area (TPSA) is 35.5 Å². The summed E-state index contributed by atoms with van der Waals surface area (Å²) in [6.07, 6.45) is 0.725. The molecule has 0 aliphatic carbocycles. The first-order chi connectivity index (χ1) is 4.72. The second kappa shape index (κ2) is 5.23. The van der Waals surface area contributed by atoms with Crippen LogP contribution >= 0.6 is 0 Å². The van der Waals surface area contributed by atoms with Crippen molar-refractivity contribution in [1.82, 2.24) is 0 Å². The molecule has 0 aromatic heterocycles. The van der Waals surface area contributed by atoms with Gasteiger partial charge >= 0.3 is 5.97 Å². The van der Waals surface area contributed by atoms with Gasteiger partial charge < -0.3 is 9.47 Å². The van der Waals surface area contributed by atoms with E-state index < -0.39 is 0 Å². The van der Waals surface area contributed by atoms with Gasteiger partial charge in [-0.1, -0.05) is 6.92 Å². The van der Waals surface area contributed by atoms with Gasteiger partial charge in [-0.3, -0.25) is 4.79 Å². The van der Waals surface area contributed by atoms with Crippen molar-refractivity contribution in [3.63, 3.8) is 0 Å². The van der Waals surface area contributed by atoms with Crippen molar-refractivity contribution in [2.45, 2.75) is 13.3 Å². The predicted molar refractivity (Wildman–Crippen MR) is 37.7 cm³/mol. The van der Waals surface area contributed by atoms with Gasteiger partial charge in [0, 0.05) is 13.7 Å². The standard InChI is InChI=1S/C7H14O3/c1-6(4-5-9-2)7(8)10-3/h6H,4-5H2,1-3H3/t6-/m0/s1. The maximum Gasteiger partial charge on any atom is 0.308 e. The molecule has 1 atom stereocenters. The van der Waals surface area contributed by atoms with Gasteiger partial charge in [-0.2, -0.15) is 0 Å². The van der Waals surface area contributed by atoms with E-state index in [0.29, 0.717) is 6.61 Å². The maximum atomic E-state index is 10.7. The van der Waals surface area contributed by atoms with E-state index in [2.05, 4.69) is 4.74 Å². The van der Waals surface area contributed by atoms with E-state index in [1.807, 2.05) is 6.92 Å². The molecule has 0 heterocycles. The van der Waals surface area contributed by atoms with Crippen LogP contribution < -0.4 is 0 Å². The summed E-state index contributed by atoms with van der Waals surface area (Å²) in [4.78, 5) is 10.7. The molecule has 0 aromatic carbocycles. The Bertz CT molecular complexity index is 101. The van der Waals surface area contributed by atoms with Crippen LogP contribution in [0.25, 0.3) is 0 Å². The smallest absolute Gasteiger partial charge is 0.308 e. The molecule has 0 saturated heterocycles. The first-order valence-electron chi connectivity index (χ1n) is 3.29. The molecule has 0 bridgehead atoms. The fraction of sp³-hybridized carbons (Fsp3) is 0.857. The Morgan fingerprint density at radius 3 is 2.50 bits per heavy atom. The van der Waals surface area contributed by atoms with Crippen molar-refractivity contribution >= 4 is 5.97 Å². The lowest BCUT2D eigenvalue weighted by Crippen LogP contribution is -2.14. The Balaban J connectivity index is 3.41. The van der Waals surface area contributed by atoms with Crippen molar-refractivity contribution in [3.8, 4) is 0 Å². The first kappa shape index (κ1) is 9.43. The Hall–Kier alpha value is -0.570. The SMILES string of the molecule is COCC[C@H](C)C(=O)OC. The van der Waals surface area contributed by atoms with Crippen LogP contribution in [0, 0.1) is 5.92 Å². The third-order valence-corrected chi connectivity index (χ3v) is 1.36. The molecule has 0 N–H and O–H groups in total. The van der Waals surface area contributed by atoms with Crippen LogP contribution in [-0.2, 0) is 14.3 Å². The second-order valence-electron chi connectivity index (χ2n) is 2.21. The zero-order valence-corrected chi connectivity index (χ0v) is 6.72. The average Bonchev–Trinajstić information content (AvgIpc) is 1.98. The summed E-state index contributed by atoms with van der Waals surface area (Å²) in [6, 6.07) is 0. The molecule has 0 spiro atoms. The first-order valence-corrected chi connectivity index (χ1v) is 3.29. The van der Waals surface area contributed by atoms with E-state index in [0.717, 1.165) is 6.42 Å². The van der Waals surface area contributed by atoms with Crippen molar-refractivity contribution in [2.75, 3.05) is 20.8 Å². The van der Waals surface area contributed by atoms with Gasteiger partial charge in [0.1, 0.15) is 0 Å². The fourth-order valence-corrected chi connectivity index (χ4v) is 0.614. The molecule has 0 aliphatic rings. The van der Waals surface area contributed by atoms with Crippen molar-refractivity contribution in [2.24, 2.45) is 5.92 Å². The van der Waals surface area contributed by atoms with Gasteiger partial charge in [0.05, 0.1) is 13.0 Å². The number of methoxy groups -OCH3 is 2. The zero-order chi connectivity index (χ0) is 7.98. The number of hydrogen-bond acceptors (Lipinski definition) is 3. The molecular formula is C7H14O3. The van der Waals surface area contributed by atoms with Crippen LogP contribution in [0.2, 0.25) is 0 Å². The largest absolute Gasteiger partial charge is 0.469 e. The lowest BCUT2D eigenvalue weighted by molar-refractivity contribution is -0.145. The lowest BCUT2D eigenvalue weighted by atomic mass is 10.1. The third kappa shape index (κ3) is 3.45. The van der Waals surface area contributed by atoms with Gasteiger partial charge in [0.25, 0.3) is 0 Å². The van der Waals surface area contributed by atoms with Crippen LogP contribution in [-0.4, -0.2) is 26.8 Å². The molecular weight excluding hydrogens is 132 g/mol. The minimum Gasteiger partial charge on any atom is -0.469 e. The van der Waals surface area contributed by atoms with Crippen LogP contribution in [0.4, 0.5) is 0 Å². The minimum atomic E-state index is -0.169. The molecule has 0 amide bonds. The van der Waals surface area contributed by atoms with Crippen LogP contribution in [0.5, 0.6) is 0 Å².